The molecule has 1 atom stereocenters. The van der Waals surface area contributed by atoms with Crippen LogP contribution in [0.4, 0.5) is 0 Å². The fourth-order valence-corrected chi connectivity index (χ4v) is 5.07. The second kappa shape index (κ2) is 6.83. The van der Waals surface area contributed by atoms with Gasteiger partial charge in [-0.05, 0) is 17.7 Å². The quantitative estimate of drug-likeness (QED) is 0.818. The number of nitrogens with zero attached hydrogens (tertiary/aromatic N) is 2. The summed E-state index contributed by atoms with van der Waals surface area (Å²) in [6.45, 7) is 2.71. The molecule has 136 valence electrons. The van der Waals surface area contributed by atoms with E-state index in [9.17, 15) is 13.2 Å². The van der Waals surface area contributed by atoms with E-state index in [1.54, 1.807) is 18.2 Å². The number of amides is 1. The van der Waals surface area contributed by atoms with Crippen molar-refractivity contribution in [3.05, 3.63) is 65.7 Å². The lowest BCUT2D eigenvalue weighted by atomic mass is 10.2. The lowest BCUT2D eigenvalue weighted by Crippen LogP contribution is -2.48. The average molecular weight is 372 g/mol. The van der Waals surface area contributed by atoms with Gasteiger partial charge in [0.25, 0.3) is 15.9 Å². The number of sulfonamides is 1. The molecule has 2 heterocycles. The minimum atomic E-state index is -3.79. The van der Waals surface area contributed by atoms with E-state index >= 15 is 0 Å². The zero-order chi connectivity index (χ0) is 18.1. The molecule has 1 saturated heterocycles. The summed E-state index contributed by atoms with van der Waals surface area (Å²) in [6, 6.07) is 16.4. The Labute approximate surface area is 153 Å². The van der Waals surface area contributed by atoms with Crippen molar-refractivity contribution in [3.63, 3.8) is 0 Å². The third-order valence-corrected chi connectivity index (χ3v) is 6.56. The van der Waals surface area contributed by atoms with Crippen LogP contribution in [0.3, 0.4) is 0 Å². The molecule has 0 aromatic heterocycles. The van der Waals surface area contributed by atoms with E-state index in [0.717, 1.165) is 17.4 Å². The SMILES string of the molecule is O=C1c2ccccc2S(=O)(=O)N1CC1CN(Cc2ccccc2)CCO1. The van der Waals surface area contributed by atoms with Crippen molar-refractivity contribution in [1.29, 1.82) is 0 Å². The first-order chi connectivity index (χ1) is 12.6. The van der Waals surface area contributed by atoms with Gasteiger partial charge in [0.1, 0.15) is 4.90 Å². The van der Waals surface area contributed by atoms with Crippen molar-refractivity contribution >= 4 is 15.9 Å². The molecule has 2 aliphatic rings. The molecule has 1 amide bonds. The number of hydrogen-bond donors (Lipinski definition) is 0. The Bertz CT molecular complexity index is 914. The molecule has 0 N–H and O–H groups in total. The van der Waals surface area contributed by atoms with Crippen LogP contribution in [0.2, 0.25) is 0 Å². The van der Waals surface area contributed by atoms with E-state index in [-0.39, 0.29) is 23.1 Å². The largest absolute Gasteiger partial charge is 0.374 e. The highest BCUT2D eigenvalue weighted by Gasteiger charge is 2.42. The van der Waals surface area contributed by atoms with Gasteiger partial charge in [-0.25, -0.2) is 12.7 Å². The fourth-order valence-electron chi connectivity index (χ4n) is 3.47. The van der Waals surface area contributed by atoms with Crippen LogP contribution in [0, 0.1) is 0 Å². The molecule has 4 rings (SSSR count). The number of ether oxygens (including phenoxy) is 1. The van der Waals surface area contributed by atoms with Crippen molar-refractivity contribution in [3.8, 4) is 0 Å². The Kier molecular flexibility index (Phi) is 4.52. The minimum Gasteiger partial charge on any atom is -0.374 e. The monoisotopic (exact) mass is 372 g/mol. The van der Waals surface area contributed by atoms with Crippen LogP contribution in [0.5, 0.6) is 0 Å². The van der Waals surface area contributed by atoms with E-state index in [2.05, 4.69) is 17.0 Å². The molecule has 2 aromatic carbocycles. The molecule has 2 aromatic rings. The minimum absolute atomic E-state index is 0.0428. The molecule has 0 radical (unpaired) electrons. The predicted molar refractivity (Wildman–Crippen MR) is 96.1 cm³/mol. The third-order valence-electron chi connectivity index (χ3n) is 4.75. The Hall–Kier alpha value is -2.22. The summed E-state index contributed by atoms with van der Waals surface area (Å²) in [5.41, 5.74) is 1.44. The van der Waals surface area contributed by atoms with Crippen LogP contribution < -0.4 is 0 Å². The van der Waals surface area contributed by atoms with Crippen molar-refractivity contribution in [2.24, 2.45) is 0 Å². The first-order valence-corrected chi connectivity index (χ1v) is 10.0. The second-order valence-corrected chi connectivity index (χ2v) is 8.38. The number of hydrogen-bond acceptors (Lipinski definition) is 5. The molecule has 6 nitrogen and oxygen atoms in total. The van der Waals surface area contributed by atoms with E-state index in [1.165, 1.54) is 11.6 Å². The van der Waals surface area contributed by atoms with E-state index in [4.69, 9.17) is 4.74 Å². The number of morpholine rings is 1. The van der Waals surface area contributed by atoms with E-state index in [1.807, 2.05) is 18.2 Å². The third kappa shape index (κ3) is 3.13. The van der Waals surface area contributed by atoms with Crippen molar-refractivity contribution in [1.82, 2.24) is 9.21 Å². The number of fused-ring (bicyclic) bond motifs is 1. The highest BCUT2D eigenvalue weighted by molar-refractivity contribution is 7.90. The highest BCUT2D eigenvalue weighted by Crippen LogP contribution is 2.30. The molecular formula is C19H20N2O4S. The number of carbonyl (C=O) groups excluding carboxylic acids is 1. The van der Waals surface area contributed by atoms with E-state index in [0.29, 0.717) is 13.2 Å². The maximum Gasteiger partial charge on any atom is 0.269 e. The standard InChI is InChI=1S/C19H20N2O4S/c22-19-17-8-4-5-9-18(17)26(23,24)21(19)14-16-13-20(10-11-25-16)12-15-6-2-1-3-7-15/h1-9,16H,10-14H2. The topological polar surface area (TPSA) is 66.9 Å². The van der Waals surface area contributed by atoms with Crippen LogP contribution in [0.15, 0.2) is 59.5 Å². The normalized spacial score (nSPS) is 22.4. The van der Waals surface area contributed by atoms with Gasteiger partial charge in [-0.1, -0.05) is 42.5 Å². The maximum atomic E-state index is 12.7. The number of rotatable bonds is 4. The van der Waals surface area contributed by atoms with Crippen molar-refractivity contribution in [2.45, 2.75) is 17.5 Å². The predicted octanol–water partition coefficient (Wildman–Crippen LogP) is 1.73. The first kappa shape index (κ1) is 17.2. The number of carbonyl (C=O) groups is 1. The average Bonchev–Trinajstić information content (AvgIpc) is 2.84. The summed E-state index contributed by atoms with van der Waals surface area (Å²) >= 11 is 0. The van der Waals surface area contributed by atoms with Gasteiger partial charge < -0.3 is 4.74 Å². The lowest BCUT2D eigenvalue weighted by molar-refractivity contribution is -0.0359. The van der Waals surface area contributed by atoms with Crippen LogP contribution in [0.1, 0.15) is 15.9 Å². The van der Waals surface area contributed by atoms with Gasteiger partial charge in [0.05, 0.1) is 24.8 Å². The Morgan fingerprint density at radius 3 is 2.54 bits per heavy atom. The summed E-state index contributed by atoms with van der Waals surface area (Å²) in [5.74, 6) is -0.468. The van der Waals surface area contributed by atoms with Crippen LogP contribution in [-0.2, 0) is 21.3 Å². The van der Waals surface area contributed by atoms with Crippen LogP contribution in [0.25, 0.3) is 0 Å². The Balaban J connectivity index is 1.47. The van der Waals surface area contributed by atoms with Gasteiger partial charge in [-0.2, -0.15) is 0 Å². The highest BCUT2D eigenvalue weighted by atomic mass is 32.2. The molecule has 1 fully saturated rings. The molecule has 7 heteroatoms. The van der Waals surface area contributed by atoms with Crippen LogP contribution in [-0.4, -0.2) is 55.9 Å². The fraction of sp³-hybridized carbons (Fsp3) is 0.316. The molecule has 2 aliphatic heterocycles. The first-order valence-electron chi connectivity index (χ1n) is 8.60. The van der Waals surface area contributed by atoms with Gasteiger partial charge in [0, 0.05) is 19.6 Å². The molecule has 26 heavy (non-hydrogen) atoms. The smallest absolute Gasteiger partial charge is 0.269 e. The molecule has 0 saturated carbocycles. The van der Waals surface area contributed by atoms with Gasteiger partial charge in [-0.3, -0.25) is 9.69 Å². The lowest BCUT2D eigenvalue weighted by Gasteiger charge is -2.34. The molecule has 0 bridgehead atoms. The van der Waals surface area contributed by atoms with Gasteiger partial charge >= 0.3 is 0 Å². The summed E-state index contributed by atoms with van der Waals surface area (Å²) < 4.78 is 32.1. The van der Waals surface area contributed by atoms with Crippen LogP contribution >= 0.6 is 0 Å². The number of benzene rings is 2. The maximum absolute atomic E-state index is 12.7. The molecular weight excluding hydrogens is 352 g/mol. The van der Waals surface area contributed by atoms with Crippen molar-refractivity contribution < 1.29 is 17.9 Å². The zero-order valence-electron chi connectivity index (χ0n) is 14.2. The molecule has 0 spiro atoms. The zero-order valence-corrected chi connectivity index (χ0v) is 15.1. The summed E-state index contributed by atoms with van der Waals surface area (Å²) in [4.78, 5) is 14.8. The Morgan fingerprint density at radius 2 is 1.77 bits per heavy atom. The van der Waals surface area contributed by atoms with Gasteiger partial charge in [0.15, 0.2) is 0 Å². The summed E-state index contributed by atoms with van der Waals surface area (Å²) in [7, 11) is -3.79. The molecule has 0 aliphatic carbocycles. The van der Waals surface area contributed by atoms with Gasteiger partial charge in [0.2, 0.25) is 0 Å². The Morgan fingerprint density at radius 1 is 1.04 bits per heavy atom. The van der Waals surface area contributed by atoms with Gasteiger partial charge in [-0.15, -0.1) is 0 Å². The second-order valence-electron chi connectivity index (χ2n) is 6.55. The van der Waals surface area contributed by atoms with E-state index < -0.39 is 15.9 Å². The van der Waals surface area contributed by atoms with Crippen molar-refractivity contribution in [2.75, 3.05) is 26.2 Å². The summed E-state index contributed by atoms with van der Waals surface area (Å²) in [6.07, 6.45) is -0.333. The molecule has 1 unspecified atom stereocenters. The summed E-state index contributed by atoms with van der Waals surface area (Å²) in [5, 5.41) is 0.